The van der Waals surface area contributed by atoms with E-state index in [0.717, 1.165) is 49.4 Å². The van der Waals surface area contributed by atoms with E-state index in [1.54, 1.807) is 23.9 Å². The highest BCUT2D eigenvalue weighted by Crippen LogP contribution is 2.47. The summed E-state index contributed by atoms with van der Waals surface area (Å²) >= 11 is 6.49. The number of aromatic nitrogens is 2. The lowest BCUT2D eigenvalue weighted by molar-refractivity contribution is -0.128. The zero-order chi connectivity index (χ0) is 41.0. The maximum Gasteiger partial charge on any atom is 0.286 e. The molecule has 2 amide bonds. The molecule has 318 valence electrons. The number of hydrogen-bond acceptors (Lipinski definition) is 10. The lowest BCUT2D eigenvalue weighted by atomic mass is 9.68. The summed E-state index contributed by atoms with van der Waals surface area (Å²) in [6, 6.07) is 13.3. The molecule has 1 N–H and O–H groups in total. The highest BCUT2D eigenvalue weighted by Gasteiger charge is 2.44. The zero-order valence-electron chi connectivity index (χ0n) is 34.0. The van der Waals surface area contributed by atoms with Gasteiger partial charge in [-0.15, -0.1) is 9.46 Å². The third-order valence-electron chi connectivity index (χ3n) is 12.7. The minimum Gasteiger partial charge on any atom is -0.490 e. The standard InChI is InChI=1S/C44H56ClN5O8S/c1-3-50-19-15-42(46-50)57-25-30-6-4-8-39(54-2)36-12-9-33(36)24-49-28-44(18-5-7-31-22-34(45)11-13-37(31)44)29-58-40-14-10-32(23-38(40)49)43(52)48-59(53,27-30)47-41(51)26-56-35-16-20-55-21-17-35/h4,8,10-11,13-15,19,22-23,30,33,35-36,39H,3,5-7,9,12,16-18,20-21,24-29H2,1-2H3,(H,47,48,51,52,53)/b8-4+/t30-,33+,36-,39+,44+,59?/m1/s1. The SMILES string of the molecule is CCn1ccc(OC[C@H]2C/C=C/[C@H](OC)[C@@H]3CC[C@H]3CN3C[C@@]4(CCCc5cc(Cl)ccc54)COc4ccc(cc43)C(=O)N=S(=O)(NC(=O)COC3CCOCC3)C2)n1. The topological polar surface area (TPSA) is 143 Å². The van der Waals surface area contributed by atoms with Crippen LogP contribution in [-0.4, -0.2) is 97.0 Å². The summed E-state index contributed by atoms with van der Waals surface area (Å²) in [6.07, 6.45) is 12.5. The number of nitrogens with zero attached hydrogens (tertiary/aromatic N) is 4. The zero-order valence-corrected chi connectivity index (χ0v) is 35.6. The van der Waals surface area contributed by atoms with Gasteiger partial charge in [0.15, 0.2) is 0 Å². The Labute approximate surface area is 352 Å². The van der Waals surface area contributed by atoms with Crippen molar-refractivity contribution in [3.8, 4) is 11.6 Å². The van der Waals surface area contributed by atoms with Crippen LogP contribution in [0.25, 0.3) is 0 Å². The second-order valence-electron chi connectivity index (χ2n) is 16.7. The number of aryl methyl sites for hydroxylation is 2. The van der Waals surface area contributed by atoms with Crippen molar-refractivity contribution >= 4 is 39.0 Å². The first-order valence-corrected chi connectivity index (χ1v) is 23.1. The second-order valence-corrected chi connectivity index (χ2v) is 19.1. The molecule has 1 spiro atoms. The molecule has 13 nitrogen and oxygen atoms in total. The molecule has 4 heterocycles. The number of ether oxygens (including phenoxy) is 5. The van der Waals surface area contributed by atoms with Crippen LogP contribution >= 0.6 is 11.6 Å². The van der Waals surface area contributed by atoms with Gasteiger partial charge < -0.3 is 28.6 Å². The number of hydrogen-bond donors (Lipinski definition) is 1. The van der Waals surface area contributed by atoms with Gasteiger partial charge in [0.1, 0.15) is 22.3 Å². The smallest absolute Gasteiger partial charge is 0.286 e. The third kappa shape index (κ3) is 9.67. The molecule has 8 rings (SSSR count). The van der Waals surface area contributed by atoms with Crippen molar-refractivity contribution in [2.45, 2.75) is 82.5 Å². The molecule has 15 heteroatoms. The number of benzene rings is 2. The van der Waals surface area contributed by atoms with Crippen molar-refractivity contribution in [2.75, 3.05) is 63.9 Å². The normalized spacial score (nSPS) is 29.2. The fraction of sp³-hybridized carbons (Fsp3) is 0.568. The van der Waals surface area contributed by atoms with E-state index >= 15 is 4.21 Å². The Kier molecular flexibility index (Phi) is 13.0. The molecule has 0 radical (unpaired) electrons. The summed E-state index contributed by atoms with van der Waals surface area (Å²) in [4.78, 5) is 30.2. The van der Waals surface area contributed by atoms with Gasteiger partial charge in [-0.3, -0.25) is 19.0 Å². The van der Waals surface area contributed by atoms with Gasteiger partial charge in [0, 0.05) is 74.1 Å². The minimum atomic E-state index is -3.70. The number of carbonyl (C=O) groups excluding carboxylic acids is 2. The predicted octanol–water partition coefficient (Wildman–Crippen LogP) is 6.56. The molecule has 2 aromatic carbocycles. The van der Waals surface area contributed by atoms with Gasteiger partial charge >= 0.3 is 0 Å². The largest absolute Gasteiger partial charge is 0.490 e. The van der Waals surface area contributed by atoms with Crippen molar-refractivity contribution in [3.63, 3.8) is 0 Å². The Morgan fingerprint density at radius 1 is 1.12 bits per heavy atom. The van der Waals surface area contributed by atoms with Gasteiger partial charge in [0.25, 0.3) is 11.8 Å². The Hall–Kier alpha value is -3.95. The maximum absolute atomic E-state index is 15.0. The van der Waals surface area contributed by atoms with Crippen molar-refractivity contribution in [2.24, 2.45) is 22.1 Å². The van der Waals surface area contributed by atoms with Crippen LogP contribution in [0.3, 0.4) is 0 Å². The number of nitrogens with one attached hydrogen (secondary N) is 1. The first-order valence-electron chi connectivity index (χ1n) is 21.1. The van der Waals surface area contributed by atoms with E-state index in [-0.39, 0.29) is 48.1 Å². The van der Waals surface area contributed by atoms with E-state index in [2.05, 4.69) is 37.3 Å². The van der Waals surface area contributed by atoms with Gasteiger partial charge in [-0.05, 0) is 112 Å². The van der Waals surface area contributed by atoms with E-state index in [1.165, 1.54) is 11.1 Å². The predicted molar refractivity (Wildman–Crippen MR) is 226 cm³/mol. The average Bonchev–Trinajstić information content (AvgIpc) is 3.64. The number of anilines is 1. The van der Waals surface area contributed by atoms with Crippen LogP contribution in [0.2, 0.25) is 5.02 Å². The summed E-state index contributed by atoms with van der Waals surface area (Å²) in [5.41, 5.74) is 3.28. The van der Waals surface area contributed by atoms with Crippen LogP contribution in [0.4, 0.5) is 5.69 Å². The molecule has 3 aliphatic heterocycles. The molecule has 1 saturated carbocycles. The maximum atomic E-state index is 15.0. The van der Waals surface area contributed by atoms with Crippen molar-refractivity contribution in [1.29, 1.82) is 0 Å². The monoisotopic (exact) mass is 849 g/mol. The van der Waals surface area contributed by atoms with Crippen LogP contribution in [0.15, 0.2) is 65.2 Å². The molecule has 59 heavy (non-hydrogen) atoms. The summed E-state index contributed by atoms with van der Waals surface area (Å²) in [6.45, 7) is 5.51. The molecule has 1 unspecified atom stereocenters. The Bertz CT molecular complexity index is 2150. The molecule has 2 aliphatic carbocycles. The molecular weight excluding hydrogens is 794 g/mol. The first kappa shape index (κ1) is 41.8. The average molecular weight is 850 g/mol. The van der Waals surface area contributed by atoms with Crippen LogP contribution in [0.5, 0.6) is 11.6 Å². The highest BCUT2D eigenvalue weighted by molar-refractivity contribution is 7.92. The van der Waals surface area contributed by atoms with Crippen molar-refractivity contribution < 1.29 is 37.5 Å². The Balaban J connectivity index is 1.15. The summed E-state index contributed by atoms with van der Waals surface area (Å²) in [5.74, 6) is -0.132. The van der Waals surface area contributed by atoms with E-state index in [1.807, 2.05) is 37.4 Å². The van der Waals surface area contributed by atoms with E-state index in [9.17, 15) is 9.59 Å². The van der Waals surface area contributed by atoms with Crippen LogP contribution < -0.4 is 19.1 Å². The fourth-order valence-electron chi connectivity index (χ4n) is 9.42. The molecule has 2 fully saturated rings. The van der Waals surface area contributed by atoms with Gasteiger partial charge in [0.05, 0.1) is 36.9 Å². The number of methoxy groups -OCH3 is 1. The molecule has 3 aromatic rings. The number of carbonyl (C=O) groups is 2. The highest BCUT2D eigenvalue weighted by atomic mass is 35.5. The quantitative estimate of drug-likeness (QED) is 0.235. The number of allylic oxidation sites excluding steroid dienone is 1. The van der Waals surface area contributed by atoms with Crippen LogP contribution in [0, 0.1) is 17.8 Å². The fourth-order valence-corrected chi connectivity index (χ4v) is 11.5. The molecule has 2 bridgehead atoms. The summed E-state index contributed by atoms with van der Waals surface area (Å²) < 4.78 is 54.1. The van der Waals surface area contributed by atoms with Gasteiger partial charge in [-0.25, -0.2) is 4.21 Å². The molecule has 1 aromatic heterocycles. The van der Waals surface area contributed by atoms with E-state index in [0.29, 0.717) is 69.7 Å². The summed E-state index contributed by atoms with van der Waals surface area (Å²) in [7, 11) is -1.95. The number of fused-ring (bicyclic) bond motifs is 4. The van der Waals surface area contributed by atoms with E-state index < -0.39 is 27.6 Å². The van der Waals surface area contributed by atoms with Gasteiger partial charge in [0.2, 0.25) is 5.88 Å². The third-order valence-corrected chi connectivity index (χ3v) is 14.9. The van der Waals surface area contributed by atoms with Crippen molar-refractivity contribution in [1.82, 2.24) is 14.5 Å². The van der Waals surface area contributed by atoms with Gasteiger partial charge in [-0.1, -0.05) is 29.8 Å². The van der Waals surface area contributed by atoms with Crippen molar-refractivity contribution in [3.05, 3.63) is 82.5 Å². The molecular formula is C44H56ClN5O8S. The minimum absolute atomic E-state index is 0.131. The number of amides is 2. The van der Waals surface area contributed by atoms with Crippen LogP contribution in [-0.2, 0) is 47.3 Å². The lowest BCUT2D eigenvalue weighted by Crippen LogP contribution is -2.49. The van der Waals surface area contributed by atoms with E-state index in [4.69, 9.17) is 35.3 Å². The molecule has 1 saturated heterocycles. The molecule has 5 aliphatic rings. The lowest BCUT2D eigenvalue weighted by Gasteiger charge is -2.46. The number of rotatable bonds is 9. The van der Waals surface area contributed by atoms with Gasteiger partial charge in [-0.2, -0.15) is 0 Å². The number of halogens is 1. The summed E-state index contributed by atoms with van der Waals surface area (Å²) in [5, 5.41) is 5.19. The Morgan fingerprint density at radius 2 is 1.98 bits per heavy atom. The Morgan fingerprint density at radius 3 is 2.76 bits per heavy atom. The molecule has 6 atom stereocenters. The van der Waals surface area contributed by atoms with Crippen LogP contribution in [0.1, 0.15) is 73.4 Å². The second kappa shape index (κ2) is 18.3. The first-order chi connectivity index (χ1) is 28.6.